The number of rotatable bonds is 7. The van der Waals surface area contributed by atoms with Gasteiger partial charge < -0.3 is 9.84 Å². The number of phenols is 1. The van der Waals surface area contributed by atoms with Crippen LogP contribution in [-0.2, 0) is 21.4 Å². The van der Waals surface area contributed by atoms with E-state index < -0.39 is 0 Å². The molecule has 0 amide bonds. The zero-order valence-corrected chi connectivity index (χ0v) is 16.0. The fourth-order valence-corrected chi connectivity index (χ4v) is 2.51. The van der Waals surface area contributed by atoms with Gasteiger partial charge >= 0.3 is 5.97 Å². The predicted octanol–water partition coefficient (Wildman–Crippen LogP) is 5.39. The fourth-order valence-electron chi connectivity index (χ4n) is 2.51. The van der Waals surface area contributed by atoms with Crippen LogP contribution >= 0.6 is 0 Å². The molecule has 0 unspecified atom stereocenters. The highest BCUT2D eigenvalue weighted by Crippen LogP contribution is 2.35. The summed E-state index contributed by atoms with van der Waals surface area (Å²) in [6, 6.07) is 3.98. The lowest BCUT2D eigenvalue weighted by molar-refractivity contribution is -0.143. The highest BCUT2D eigenvalue weighted by molar-refractivity contribution is 5.70. The second kappa shape index (κ2) is 8.91. The van der Waals surface area contributed by atoms with Crippen LogP contribution in [0, 0.1) is 0 Å². The molecule has 1 aromatic rings. The van der Waals surface area contributed by atoms with Crippen LogP contribution in [0.15, 0.2) is 17.7 Å². The molecule has 0 aromatic heterocycles. The Morgan fingerprint density at radius 2 is 1.92 bits per heavy atom. The van der Waals surface area contributed by atoms with E-state index in [9.17, 15) is 9.90 Å². The Labute approximate surface area is 146 Å². The van der Waals surface area contributed by atoms with Crippen LogP contribution in [0.5, 0.6) is 5.75 Å². The Balaban J connectivity index is 2.98. The van der Waals surface area contributed by atoms with Crippen molar-refractivity contribution in [1.29, 1.82) is 0 Å². The number of unbranched alkanes of at least 4 members (excludes halogenated alkanes) is 1. The highest BCUT2D eigenvalue weighted by Gasteiger charge is 2.21. The second-order valence-corrected chi connectivity index (χ2v) is 7.63. The molecular formula is C21H32O3. The van der Waals surface area contributed by atoms with Gasteiger partial charge in [0.15, 0.2) is 0 Å². The van der Waals surface area contributed by atoms with Crippen molar-refractivity contribution >= 4 is 12.0 Å². The van der Waals surface area contributed by atoms with Gasteiger partial charge in [0.25, 0.3) is 0 Å². The van der Waals surface area contributed by atoms with Crippen molar-refractivity contribution in [1.82, 2.24) is 0 Å². The van der Waals surface area contributed by atoms with Crippen LogP contribution in [0.25, 0.3) is 6.08 Å². The Morgan fingerprint density at radius 1 is 1.25 bits per heavy atom. The van der Waals surface area contributed by atoms with E-state index in [1.54, 1.807) is 0 Å². The van der Waals surface area contributed by atoms with Crippen molar-refractivity contribution in [2.45, 2.75) is 72.6 Å². The molecule has 0 aliphatic rings. The molecule has 24 heavy (non-hydrogen) atoms. The predicted molar refractivity (Wildman–Crippen MR) is 100 cm³/mol. The molecule has 0 radical (unpaired) electrons. The molecular weight excluding hydrogens is 300 g/mol. The van der Waals surface area contributed by atoms with E-state index in [2.05, 4.69) is 27.7 Å². The molecule has 3 heteroatoms. The summed E-state index contributed by atoms with van der Waals surface area (Å²) in [6.07, 6.45) is 4.90. The first-order valence-electron chi connectivity index (χ1n) is 8.82. The van der Waals surface area contributed by atoms with Crippen LogP contribution < -0.4 is 0 Å². The minimum atomic E-state index is -0.161. The summed E-state index contributed by atoms with van der Waals surface area (Å²) in [4.78, 5) is 11.8. The molecule has 134 valence electrons. The summed E-state index contributed by atoms with van der Waals surface area (Å²) in [5.74, 6) is 0.176. The van der Waals surface area contributed by atoms with Crippen LogP contribution in [0.2, 0.25) is 0 Å². The topological polar surface area (TPSA) is 46.5 Å². The minimum absolute atomic E-state index is 0.155. The van der Waals surface area contributed by atoms with E-state index in [-0.39, 0.29) is 11.4 Å². The molecule has 0 spiro atoms. The van der Waals surface area contributed by atoms with E-state index in [0.717, 1.165) is 35.1 Å². The van der Waals surface area contributed by atoms with Gasteiger partial charge in [0.2, 0.25) is 0 Å². The number of carbonyl (C=O) groups excluding carboxylic acids is 1. The van der Waals surface area contributed by atoms with Gasteiger partial charge in [-0.15, -0.1) is 0 Å². The number of allylic oxidation sites excluding steroid dienone is 1. The van der Waals surface area contributed by atoms with E-state index >= 15 is 0 Å². The molecule has 0 aliphatic carbocycles. The van der Waals surface area contributed by atoms with E-state index in [1.807, 2.05) is 32.1 Å². The number of phenolic OH excluding ortho intramolecular Hbond substituents is 1. The lowest BCUT2D eigenvalue weighted by atomic mass is 9.83. The van der Waals surface area contributed by atoms with Crippen molar-refractivity contribution in [2.24, 2.45) is 0 Å². The monoisotopic (exact) mass is 332 g/mol. The zero-order valence-electron chi connectivity index (χ0n) is 16.0. The number of hydrogen-bond acceptors (Lipinski definition) is 3. The average molecular weight is 332 g/mol. The van der Waals surface area contributed by atoms with Crippen molar-refractivity contribution in [3.63, 3.8) is 0 Å². The maximum absolute atomic E-state index is 11.8. The molecule has 0 aliphatic heterocycles. The Morgan fingerprint density at radius 3 is 2.46 bits per heavy atom. The van der Waals surface area contributed by atoms with E-state index in [4.69, 9.17) is 4.74 Å². The maximum atomic E-state index is 11.8. The number of benzene rings is 1. The molecule has 0 fully saturated rings. The molecule has 0 atom stereocenters. The zero-order chi connectivity index (χ0) is 18.3. The molecule has 0 heterocycles. The summed E-state index contributed by atoms with van der Waals surface area (Å²) in [7, 11) is 0. The van der Waals surface area contributed by atoms with Crippen LogP contribution in [-0.4, -0.2) is 17.7 Å². The first kappa shape index (κ1) is 20.3. The largest absolute Gasteiger partial charge is 0.507 e. The lowest BCUT2D eigenvalue weighted by Gasteiger charge is -2.23. The highest BCUT2D eigenvalue weighted by atomic mass is 16.5. The van der Waals surface area contributed by atoms with Gasteiger partial charge in [0.05, 0.1) is 6.61 Å². The number of aromatic hydroxyl groups is 1. The van der Waals surface area contributed by atoms with Gasteiger partial charge in [-0.3, -0.25) is 4.79 Å². The first-order valence-corrected chi connectivity index (χ1v) is 8.82. The number of aryl methyl sites for hydroxylation is 1. The van der Waals surface area contributed by atoms with Gasteiger partial charge in [-0.1, -0.05) is 51.8 Å². The van der Waals surface area contributed by atoms with Gasteiger partial charge in [-0.05, 0) is 43.7 Å². The number of esters is 1. The quantitative estimate of drug-likeness (QED) is 0.538. The number of hydrogen-bond donors (Lipinski definition) is 1. The van der Waals surface area contributed by atoms with Gasteiger partial charge in [0.1, 0.15) is 5.75 Å². The Kier molecular flexibility index (Phi) is 7.53. The molecule has 3 nitrogen and oxygen atoms in total. The maximum Gasteiger partial charge on any atom is 0.306 e. The Bertz CT molecular complexity index is 588. The standard InChI is InChI=1S/C21H32O3/c1-7-8-11-24-19(22)10-9-16-13-17(12-15(2)3)20(23)18(14-16)21(4,5)6/h12-14,23H,7-11H2,1-6H3. The normalized spacial score (nSPS) is 11.2. The minimum Gasteiger partial charge on any atom is -0.507 e. The van der Waals surface area contributed by atoms with Crippen molar-refractivity contribution in [3.8, 4) is 5.75 Å². The summed E-state index contributed by atoms with van der Waals surface area (Å²) >= 11 is 0. The summed E-state index contributed by atoms with van der Waals surface area (Å²) < 4.78 is 5.22. The second-order valence-electron chi connectivity index (χ2n) is 7.63. The molecule has 0 bridgehead atoms. The molecule has 0 saturated heterocycles. The molecule has 1 N–H and O–H groups in total. The number of carbonyl (C=O) groups is 1. The summed E-state index contributed by atoms with van der Waals surface area (Å²) in [5, 5.41) is 10.6. The Hall–Kier alpha value is -1.77. The van der Waals surface area contributed by atoms with E-state index in [0.29, 0.717) is 25.2 Å². The molecule has 1 rings (SSSR count). The van der Waals surface area contributed by atoms with Crippen molar-refractivity contribution in [3.05, 3.63) is 34.4 Å². The van der Waals surface area contributed by atoms with Gasteiger partial charge in [-0.2, -0.15) is 0 Å². The summed E-state index contributed by atoms with van der Waals surface area (Å²) in [6.45, 7) is 12.8. The SMILES string of the molecule is CCCCOC(=O)CCc1cc(C=C(C)C)c(O)c(C(C)(C)C)c1. The van der Waals surface area contributed by atoms with Crippen molar-refractivity contribution < 1.29 is 14.6 Å². The summed E-state index contributed by atoms with van der Waals surface area (Å²) in [5.41, 5.74) is 3.74. The van der Waals surface area contributed by atoms with Crippen LogP contribution in [0.4, 0.5) is 0 Å². The van der Waals surface area contributed by atoms with Gasteiger partial charge in [0, 0.05) is 17.5 Å². The smallest absolute Gasteiger partial charge is 0.306 e. The van der Waals surface area contributed by atoms with E-state index in [1.165, 1.54) is 0 Å². The molecule has 0 saturated carbocycles. The van der Waals surface area contributed by atoms with Crippen molar-refractivity contribution in [2.75, 3.05) is 6.61 Å². The lowest BCUT2D eigenvalue weighted by Crippen LogP contribution is -2.13. The third-order valence-corrected chi connectivity index (χ3v) is 3.83. The third kappa shape index (κ3) is 6.38. The fraction of sp³-hybridized carbons (Fsp3) is 0.571. The molecule has 1 aromatic carbocycles. The number of ether oxygens (including phenoxy) is 1. The van der Waals surface area contributed by atoms with Crippen LogP contribution in [0.3, 0.4) is 0 Å². The van der Waals surface area contributed by atoms with Gasteiger partial charge in [-0.25, -0.2) is 0 Å². The average Bonchev–Trinajstić information content (AvgIpc) is 2.46. The first-order chi connectivity index (χ1) is 11.1. The third-order valence-electron chi connectivity index (χ3n) is 3.83. The van der Waals surface area contributed by atoms with Crippen LogP contribution in [0.1, 0.15) is 77.5 Å².